The Bertz CT molecular complexity index is 1300. The first kappa shape index (κ1) is 31.1. The fourth-order valence-electron chi connectivity index (χ4n) is 3.57. The summed E-state index contributed by atoms with van der Waals surface area (Å²) in [6.07, 6.45) is -7.20. The molecule has 1 saturated carbocycles. The van der Waals surface area contributed by atoms with Gasteiger partial charge in [0.1, 0.15) is 11.8 Å². The van der Waals surface area contributed by atoms with E-state index in [-0.39, 0.29) is 27.9 Å². The summed E-state index contributed by atoms with van der Waals surface area (Å²) in [6, 6.07) is -0.195. The molecule has 1 aromatic carbocycles. The first-order valence-electron chi connectivity index (χ1n) is 11.7. The monoisotopic (exact) mass is 603 g/mol. The quantitative estimate of drug-likeness (QED) is 0.337. The van der Waals surface area contributed by atoms with Crippen molar-refractivity contribution in [2.75, 3.05) is 6.54 Å². The molecule has 1 amide bonds. The molecule has 3 rings (SSSR count). The van der Waals surface area contributed by atoms with E-state index in [1.165, 1.54) is 18.6 Å². The van der Waals surface area contributed by atoms with Gasteiger partial charge in [0.15, 0.2) is 5.01 Å². The predicted octanol–water partition coefficient (Wildman–Crippen LogP) is 4.78. The van der Waals surface area contributed by atoms with Crippen molar-refractivity contribution in [2.24, 2.45) is 5.92 Å². The molecule has 16 heteroatoms. The van der Waals surface area contributed by atoms with Crippen LogP contribution in [0.25, 0.3) is 10.4 Å². The van der Waals surface area contributed by atoms with Crippen molar-refractivity contribution in [2.45, 2.75) is 75.5 Å². The molecule has 0 spiro atoms. The number of aromatic nitrogens is 1. The number of nitrogens with zero attached hydrogens (tertiary/aromatic N) is 1. The number of alkyl halides is 6. The third-order valence-electron chi connectivity index (χ3n) is 5.84. The van der Waals surface area contributed by atoms with Gasteiger partial charge in [-0.25, -0.2) is 13.4 Å². The van der Waals surface area contributed by atoms with Crippen molar-refractivity contribution in [3.63, 3.8) is 0 Å². The molecule has 0 unspecified atom stereocenters. The second kappa shape index (κ2) is 11.2. The zero-order chi connectivity index (χ0) is 29.4. The molecular formula is C23H27F6N3O5S2. The topological polar surface area (TPSA) is 118 Å². The number of halogens is 6. The molecule has 0 saturated heterocycles. The van der Waals surface area contributed by atoms with Gasteiger partial charge in [-0.2, -0.15) is 17.9 Å². The molecule has 39 heavy (non-hydrogen) atoms. The van der Waals surface area contributed by atoms with Crippen molar-refractivity contribution in [3.05, 3.63) is 28.9 Å². The molecule has 1 aliphatic carbocycles. The van der Waals surface area contributed by atoms with Crippen LogP contribution in [0.1, 0.15) is 55.5 Å². The highest BCUT2D eigenvalue weighted by molar-refractivity contribution is 7.89. The highest BCUT2D eigenvalue weighted by Crippen LogP contribution is 2.42. The van der Waals surface area contributed by atoms with Crippen LogP contribution in [0, 0.1) is 5.92 Å². The number of hydrogen-bond acceptors (Lipinski definition) is 7. The molecule has 2 aromatic rings. The lowest BCUT2D eigenvalue weighted by Gasteiger charge is -2.25. The predicted molar refractivity (Wildman–Crippen MR) is 130 cm³/mol. The van der Waals surface area contributed by atoms with Crippen LogP contribution in [0.2, 0.25) is 0 Å². The van der Waals surface area contributed by atoms with Crippen LogP contribution in [-0.4, -0.2) is 55.1 Å². The lowest BCUT2D eigenvalue weighted by molar-refractivity contribution is -0.274. The van der Waals surface area contributed by atoms with Gasteiger partial charge in [0.25, 0.3) is 5.91 Å². The zero-order valence-corrected chi connectivity index (χ0v) is 22.7. The Morgan fingerprint density at radius 3 is 2.36 bits per heavy atom. The van der Waals surface area contributed by atoms with Crippen molar-refractivity contribution < 1.29 is 49.4 Å². The van der Waals surface area contributed by atoms with Crippen LogP contribution < -0.4 is 14.8 Å². The normalized spacial score (nSPS) is 16.1. The number of ether oxygens (including phenoxy) is 1. The summed E-state index contributed by atoms with van der Waals surface area (Å²) >= 11 is 0.749. The van der Waals surface area contributed by atoms with Gasteiger partial charge in [0.2, 0.25) is 10.0 Å². The minimum atomic E-state index is -5.27. The lowest BCUT2D eigenvalue weighted by atomic mass is 9.82. The van der Waals surface area contributed by atoms with Gasteiger partial charge in [-0.3, -0.25) is 4.79 Å². The van der Waals surface area contributed by atoms with Crippen LogP contribution in [0.4, 0.5) is 26.3 Å². The Morgan fingerprint density at radius 1 is 1.21 bits per heavy atom. The summed E-state index contributed by atoms with van der Waals surface area (Å²) in [5, 5.41) is 12.3. The second-order valence-electron chi connectivity index (χ2n) is 9.88. The minimum Gasteiger partial charge on any atom is -0.405 e. The van der Waals surface area contributed by atoms with Gasteiger partial charge in [0, 0.05) is 18.2 Å². The Balaban J connectivity index is 2.07. The van der Waals surface area contributed by atoms with Crippen molar-refractivity contribution in [1.29, 1.82) is 0 Å². The largest absolute Gasteiger partial charge is 0.573 e. The van der Waals surface area contributed by atoms with Gasteiger partial charge in [0.05, 0.1) is 21.1 Å². The lowest BCUT2D eigenvalue weighted by Crippen LogP contribution is -2.42. The number of rotatable bonds is 10. The SMILES string of the molecule is C[C@H](NS(=O)(=O)c1ccc(-c2sc(C(=O)NCC(C)(C)O)nc2CC2CCC2)c(OC(F)(F)F)c1)C(F)(F)F. The van der Waals surface area contributed by atoms with Crippen LogP contribution in [0.3, 0.4) is 0 Å². The minimum absolute atomic E-state index is 0.0982. The van der Waals surface area contributed by atoms with E-state index in [1.807, 2.05) is 0 Å². The molecule has 1 atom stereocenters. The number of thiazole rings is 1. The number of benzene rings is 1. The molecule has 0 radical (unpaired) electrons. The summed E-state index contributed by atoms with van der Waals surface area (Å²) in [6.45, 7) is 3.34. The molecule has 3 N–H and O–H groups in total. The van der Waals surface area contributed by atoms with Crippen molar-refractivity contribution in [1.82, 2.24) is 15.0 Å². The standard InChI is InChI=1S/C23H27F6N3O5S2/c1-12(22(24,25)26)32-39(35,36)14-7-8-15(17(10-14)37-23(27,28)29)18-16(9-13-5-4-6-13)31-20(38-18)19(33)30-11-21(2,3)34/h7-8,10,12-13,32,34H,4-6,9,11H2,1-3H3,(H,30,33)/t12-/m0/s1. The first-order valence-corrected chi connectivity index (χ1v) is 14.0. The maximum atomic E-state index is 13.3. The molecule has 0 bridgehead atoms. The van der Waals surface area contributed by atoms with E-state index in [4.69, 9.17) is 0 Å². The second-order valence-corrected chi connectivity index (χ2v) is 12.6. The zero-order valence-electron chi connectivity index (χ0n) is 21.0. The molecule has 218 valence electrons. The van der Waals surface area contributed by atoms with E-state index in [0.29, 0.717) is 25.1 Å². The van der Waals surface area contributed by atoms with Crippen LogP contribution >= 0.6 is 11.3 Å². The fraction of sp³-hybridized carbons (Fsp3) is 0.565. The van der Waals surface area contributed by atoms with Gasteiger partial charge in [-0.1, -0.05) is 19.3 Å². The highest BCUT2D eigenvalue weighted by Gasteiger charge is 2.40. The number of carbonyl (C=O) groups excluding carboxylic acids is 1. The molecule has 0 aliphatic heterocycles. The first-order chi connectivity index (χ1) is 17.7. The van der Waals surface area contributed by atoms with E-state index in [1.54, 1.807) is 0 Å². The number of amides is 1. The van der Waals surface area contributed by atoms with Gasteiger partial charge < -0.3 is 15.2 Å². The van der Waals surface area contributed by atoms with Crippen molar-refractivity contribution >= 4 is 27.3 Å². The molecular weight excluding hydrogens is 576 g/mol. The fourth-order valence-corrected chi connectivity index (χ4v) is 5.86. The van der Waals surface area contributed by atoms with E-state index < -0.39 is 50.8 Å². The number of nitrogens with one attached hydrogen (secondary N) is 2. The average molecular weight is 604 g/mol. The smallest absolute Gasteiger partial charge is 0.405 e. The van der Waals surface area contributed by atoms with E-state index in [2.05, 4.69) is 15.0 Å². The third kappa shape index (κ3) is 8.53. The molecule has 1 aliphatic rings. The van der Waals surface area contributed by atoms with Gasteiger partial charge in [-0.05, 0) is 45.2 Å². The summed E-state index contributed by atoms with van der Waals surface area (Å²) in [7, 11) is -4.89. The summed E-state index contributed by atoms with van der Waals surface area (Å²) in [5.41, 5.74) is -1.18. The van der Waals surface area contributed by atoms with E-state index in [9.17, 15) is 44.7 Å². The van der Waals surface area contributed by atoms with Gasteiger partial charge >= 0.3 is 12.5 Å². The third-order valence-corrected chi connectivity index (χ3v) is 8.50. The maximum absolute atomic E-state index is 13.3. The van der Waals surface area contributed by atoms with Crippen LogP contribution in [0.5, 0.6) is 5.75 Å². The molecule has 8 nitrogen and oxygen atoms in total. The average Bonchev–Trinajstić information content (AvgIpc) is 3.15. The maximum Gasteiger partial charge on any atom is 0.573 e. The van der Waals surface area contributed by atoms with Crippen LogP contribution in [-0.2, 0) is 16.4 Å². The summed E-state index contributed by atoms with van der Waals surface area (Å²) < 4.78 is 109. The number of aliphatic hydroxyl groups is 1. The van der Waals surface area contributed by atoms with Crippen LogP contribution in [0.15, 0.2) is 23.1 Å². The number of hydrogen-bond donors (Lipinski definition) is 3. The Labute approximate surface area is 224 Å². The summed E-state index contributed by atoms with van der Waals surface area (Å²) in [5.74, 6) is -1.48. The number of carbonyl (C=O) groups is 1. The molecule has 1 aromatic heterocycles. The highest BCUT2D eigenvalue weighted by atomic mass is 32.2. The Morgan fingerprint density at radius 2 is 1.85 bits per heavy atom. The van der Waals surface area contributed by atoms with E-state index >= 15 is 0 Å². The molecule has 1 heterocycles. The van der Waals surface area contributed by atoms with Gasteiger partial charge in [-0.15, -0.1) is 24.5 Å². The molecule has 1 fully saturated rings. The summed E-state index contributed by atoms with van der Waals surface area (Å²) in [4.78, 5) is 16.2. The Kier molecular flexibility index (Phi) is 8.94. The van der Waals surface area contributed by atoms with E-state index in [0.717, 1.165) is 42.7 Å². The van der Waals surface area contributed by atoms with Crippen molar-refractivity contribution in [3.8, 4) is 16.2 Å². The number of sulfonamides is 1. The Hall–Kier alpha value is -2.43.